The summed E-state index contributed by atoms with van der Waals surface area (Å²) >= 11 is 1.56. The predicted octanol–water partition coefficient (Wildman–Crippen LogP) is 4.29. The van der Waals surface area contributed by atoms with Gasteiger partial charge in [-0.05, 0) is 48.1 Å². The maximum absolute atomic E-state index is 12.5. The molecule has 148 valence electrons. The number of fused-ring (bicyclic) bond motifs is 1. The van der Waals surface area contributed by atoms with Gasteiger partial charge in [-0.3, -0.25) is 9.59 Å². The molecule has 1 N–H and O–H groups in total. The molecule has 4 rings (SSSR count). The maximum Gasteiger partial charge on any atom is 0.265 e. The predicted molar refractivity (Wildman–Crippen MR) is 116 cm³/mol. The summed E-state index contributed by atoms with van der Waals surface area (Å²) in [4.78, 5) is 27.5. The molecule has 0 fully saturated rings. The molecule has 0 unspecified atom stereocenters. The van der Waals surface area contributed by atoms with Crippen molar-refractivity contribution in [3.8, 4) is 5.75 Å². The third-order valence-electron chi connectivity index (χ3n) is 4.79. The number of anilines is 2. The van der Waals surface area contributed by atoms with E-state index < -0.39 is 0 Å². The van der Waals surface area contributed by atoms with Gasteiger partial charge in [0.1, 0.15) is 5.75 Å². The largest absolute Gasteiger partial charge is 0.482 e. The first-order valence-corrected chi connectivity index (χ1v) is 10.5. The number of benzene rings is 2. The van der Waals surface area contributed by atoms with E-state index in [0.717, 1.165) is 17.7 Å². The molecule has 0 bridgehead atoms. The zero-order valence-corrected chi connectivity index (χ0v) is 16.8. The van der Waals surface area contributed by atoms with Crippen molar-refractivity contribution in [2.75, 3.05) is 23.4 Å². The Bertz CT molecular complexity index is 987. The van der Waals surface area contributed by atoms with Crippen molar-refractivity contribution in [1.29, 1.82) is 0 Å². The van der Waals surface area contributed by atoms with Gasteiger partial charge in [0, 0.05) is 17.1 Å². The first-order chi connectivity index (χ1) is 14.2. The lowest BCUT2D eigenvalue weighted by Crippen LogP contribution is -2.39. The molecule has 0 saturated carbocycles. The summed E-state index contributed by atoms with van der Waals surface area (Å²) in [7, 11) is 0. The van der Waals surface area contributed by atoms with Crippen molar-refractivity contribution in [1.82, 2.24) is 0 Å². The minimum atomic E-state index is -0.0777. The highest BCUT2D eigenvalue weighted by Gasteiger charge is 2.25. The van der Waals surface area contributed by atoms with Gasteiger partial charge in [-0.15, -0.1) is 11.3 Å². The SMILES string of the molecule is O=C(Cc1cccs1)Nc1ccc2c(c1)N(CCCc1ccccc1)C(=O)CO2. The quantitative estimate of drug-likeness (QED) is 0.637. The van der Waals surface area contributed by atoms with Crippen molar-refractivity contribution in [2.24, 2.45) is 0 Å². The second-order valence-electron chi connectivity index (χ2n) is 6.91. The molecule has 1 aliphatic heterocycles. The molecular formula is C23H22N2O3S. The second-order valence-corrected chi connectivity index (χ2v) is 7.94. The number of amides is 2. The van der Waals surface area contributed by atoms with Crippen molar-refractivity contribution in [2.45, 2.75) is 19.3 Å². The average Bonchev–Trinajstić information content (AvgIpc) is 3.23. The van der Waals surface area contributed by atoms with Crippen molar-refractivity contribution < 1.29 is 14.3 Å². The number of ether oxygens (including phenoxy) is 1. The Morgan fingerprint density at radius 3 is 2.76 bits per heavy atom. The molecule has 0 radical (unpaired) electrons. The lowest BCUT2D eigenvalue weighted by atomic mass is 10.1. The van der Waals surface area contributed by atoms with Gasteiger partial charge in [0.2, 0.25) is 5.91 Å². The van der Waals surface area contributed by atoms with E-state index in [-0.39, 0.29) is 18.4 Å². The fourth-order valence-electron chi connectivity index (χ4n) is 3.39. The van der Waals surface area contributed by atoms with E-state index in [1.165, 1.54) is 5.56 Å². The highest BCUT2D eigenvalue weighted by Crippen LogP contribution is 2.34. The number of carbonyl (C=O) groups is 2. The number of nitrogens with zero attached hydrogens (tertiary/aromatic N) is 1. The molecule has 2 aromatic carbocycles. The summed E-state index contributed by atoms with van der Waals surface area (Å²) in [5.41, 5.74) is 2.63. The van der Waals surface area contributed by atoms with Crippen LogP contribution >= 0.6 is 11.3 Å². The van der Waals surface area contributed by atoms with Gasteiger partial charge in [-0.2, -0.15) is 0 Å². The van der Waals surface area contributed by atoms with Crippen LogP contribution in [0.4, 0.5) is 11.4 Å². The van der Waals surface area contributed by atoms with Crippen LogP contribution in [0.5, 0.6) is 5.75 Å². The third-order valence-corrected chi connectivity index (χ3v) is 5.67. The number of hydrogen-bond donors (Lipinski definition) is 1. The Balaban J connectivity index is 1.44. The van der Waals surface area contributed by atoms with Crippen LogP contribution in [0.15, 0.2) is 66.0 Å². The fourth-order valence-corrected chi connectivity index (χ4v) is 4.09. The molecule has 1 aliphatic rings. The van der Waals surface area contributed by atoms with E-state index in [9.17, 15) is 9.59 Å². The van der Waals surface area contributed by atoms with Crippen LogP contribution in [-0.4, -0.2) is 25.0 Å². The number of carbonyl (C=O) groups excluding carboxylic acids is 2. The van der Waals surface area contributed by atoms with Crippen LogP contribution < -0.4 is 15.0 Å². The minimum absolute atomic E-state index is 0.0441. The average molecular weight is 407 g/mol. The van der Waals surface area contributed by atoms with Gasteiger partial charge >= 0.3 is 0 Å². The standard InChI is InChI=1S/C23H22N2O3S/c26-22(15-19-9-5-13-29-19)24-18-10-11-21-20(14-18)25(23(27)16-28-21)12-4-8-17-6-2-1-3-7-17/h1-3,5-7,9-11,13-14H,4,8,12,15-16H2,(H,24,26). The summed E-state index contributed by atoms with van der Waals surface area (Å²) in [6, 6.07) is 19.6. The lowest BCUT2D eigenvalue weighted by Gasteiger charge is -2.30. The van der Waals surface area contributed by atoms with Crippen LogP contribution in [0.1, 0.15) is 16.9 Å². The van der Waals surface area contributed by atoms with Crippen LogP contribution in [0.2, 0.25) is 0 Å². The summed E-state index contributed by atoms with van der Waals surface area (Å²) < 4.78 is 5.57. The Morgan fingerprint density at radius 1 is 1.10 bits per heavy atom. The number of aryl methyl sites for hydroxylation is 1. The summed E-state index contributed by atoms with van der Waals surface area (Å²) in [5.74, 6) is 0.527. The molecule has 29 heavy (non-hydrogen) atoms. The summed E-state index contributed by atoms with van der Waals surface area (Å²) in [6.07, 6.45) is 2.09. The van der Waals surface area contributed by atoms with E-state index >= 15 is 0 Å². The molecule has 0 aliphatic carbocycles. The van der Waals surface area contributed by atoms with Crippen LogP contribution in [0.25, 0.3) is 0 Å². The van der Waals surface area contributed by atoms with E-state index in [0.29, 0.717) is 30.1 Å². The highest BCUT2D eigenvalue weighted by molar-refractivity contribution is 7.10. The maximum atomic E-state index is 12.5. The monoisotopic (exact) mass is 406 g/mol. The van der Waals surface area contributed by atoms with Gasteiger partial charge in [-0.1, -0.05) is 36.4 Å². The zero-order chi connectivity index (χ0) is 20.1. The Morgan fingerprint density at radius 2 is 1.97 bits per heavy atom. The van der Waals surface area contributed by atoms with E-state index in [4.69, 9.17) is 4.74 Å². The molecule has 0 spiro atoms. The second kappa shape index (κ2) is 8.92. The van der Waals surface area contributed by atoms with E-state index in [2.05, 4.69) is 17.4 Å². The summed E-state index contributed by atoms with van der Waals surface area (Å²) in [5, 5.41) is 4.88. The normalized spacial score (nSPS) is 13.0. The first kappa shape index (κ1) is 19.2. The zero-order valence-electron chi connectivity index (χ0n) is 16.0. The number of thiophene rings is 1. The first-order valence-electron chi connectivity index (χ1n) is 9.62. The number of hydrogen-bond acceptors (Lipinski definition) is 4. The van der Waals surface area contributed by atoms with Gasteiger partial charge in [0.05, 0.1) is 12.1 Å². The van der Waals surface area contributed by atoms with Gasteiger partial charge in [-0.25, -0.2) is 0 Å². The molecule has 5 nitrogen and oxygen atoms in total. The van der Waals surface area contributed by atoms with Crippen molar-refractivity contribution in [3.05, 3.63) is 76.5 Å². The molecule has 2 amide bonds. The molecule has 6 heteroatoms. The topological polar surface area (TPSA) is 58.6 Å². The van der Waals surface area contributed by atoms with E-state index in [1.807, 2.05) is 53.9 Å². The van der Waals surface area contributed by atoms with Gasteiger partial charge in [0.15, 0.2) is 6.61 Å². The minimum Gasteiger partial charge on any atom is -0.482 e. The molecule has 0 saturated heterocycles. The molecular weight excluding hydrogens is 384 g/mol. The van der Waals surface area contributed by atoms with Crippen LogP contribution in [-0.2, 0) is 22.4 Å². The number of rotatable bonds is 7. The van der Waals surface area contributed by atoms with Gasteiger partial charge in [0.25, 0.3) is 5.91 Å². The van der Waals surface area contributed by atoms with Crippen molar-refractivity contribution in [3.63, 3.8) is 0 Å². The van der Waals surface area contributed by atoms with Crippen LogP contribution in [0, 0.1) is 0 Å². The molecule has 3 aromatic rings. The Hall–Kier alpha value is -3.12. The van der Waals surface area contributed by atoms with Gasteiger partial charge < -0.3 is 15.0 Å². The Kier molecular flexibility index (Phi) is 5.91. The molecule has 2 heterocycles. The van der Waals surface area contributed by atoms with E-state index in [1.54, 1.807) is 16.2 Å². The number of nitrogens with one attached hydrogen (secondary N) is 1. The fraction of sp³-hybridized carbons (Fsp3) is 0.217. The Labute approximate surface area is 173 Å². The molecule has 0 atom stereocenters. The smallest absolute Gasteiger partial charge is 0.265 e. The summed E-state index contributed by atoms with van der Waals surface area (Å²) in [6.45, 7) is 0.652. The molecule has 1 aromatic heterocycles. The van der Waals surface area contributed by atoms with Crippen molar-refractivity contribution >= 4 is 34.5 Å². The third kappa shape index (κ3) is 4.84. The van der Waals surface area contributed by atoms with Crippen LogP contribution in [0.3, 0.4) is 0 Å². The lowest BCUT2D eigenvalue weighted by molar-refractivity contribution is -0.121. The highest BCUT2D eigenvalue weighted by atomic mass is 32.1.